The molecular weight excluding hydrogens is 325 g/mol. The van der Waals surface area contributed by atoms with Gasteiger partial charge in [-0.15, -0.1) is 11.8 Å². The number of amides is 1. The first-order valence-corrected chi connectivity index (χ1v) is 7.82. The second-order valence-electron chi connectivity index (χ2n) is 4.55. The van der Waals surface area contributed by atoms with E-state index in [4.69, 9.17) is 16.3 Å². The summed E-state index contributed by atoms with van der Waals surface area (Å²) >= 11 is 7.38. The summed E-state index contributed by atoms with van der Waals surface area (Å²) in [6, 6.07) is 11.1. The third kappa shape index (κ3) is 4.39. The third-order valence-electron chi connectivity index (χ3n) is 2.92. The topological polar surface area (TPSA) is 38.3 Å². The number of carbonyl (C=O) groups excluding carboxylic acids is 1. The van der Waals surface area contributed by atoms with Gasteiger partial charge in [0, 0.05) is 10.6 Å². The number of anilines is 1. The summed E-state index contributed by atoms with van der Waals surface area (Å²) in [6.07, 6.45) is 0. The van der Waals surface area contributed by atoms with E-state index < -0.39 is 0 Å². The van der Waals surface area contributed by atoms with Gasteiger partial charge in [-0.2, -0.15) is 0 Å². The minimum Gasteiger partial charge on any atom is -0.495 e. The van der Waals surface area contributed by atoms with Gasteiger partial charge < -0.3 is 10.1 Å². The highest BCUT2D eigenvalue weighted by Gasteiger charge is 2.15. The Kier molecular flexibility index (Phi) is 5.69. The van der Waals surface area contributed by atoms with Crippen molar-refractivity contribution in [2.45, 2.75) is 17.1 Å². The monoisotopic (exact) mass is 339 g/mol. The van der Waals surface area contributed by atoms with E-state index in [-0.39, 0.29) is 17.0 Å². The van der Waals surface area contributed by atoms with Crippen molar-refractivity contribution in [1.82, 2.24) is 0 Å². The first-order valence-electron chi connectivity index (χ1n) is 6.56. The van der Waals surface area contributed by atoms with Crippen LogP contribution in [-0.2, 0) is 4.79 Å². The number of carbonyl (C=O) groups is 1. The number of methoxy groups -OCH3 is 1. The molecule has 22 heavy (non-hydrogen) atoms. The van der Waals surface area contributed by atoms with E-state index in [0.29, 0.717) is 16.5 Å². The van der Waals surface area contributed by atoms with E-state index in [0.717, 1.165) is 4.90 Å². The van der Waals surface area contributed by atoms with Gasteiger partial charge >= 0.3 is 0 Å². The lowest BCUT2D eigenvalue weighted by Gasteiger charge is -2.13. The van der Waals surface area contributed by atoms with Crippen molar-refractivity contribution < 1.29 is 13.9 Å². The quantitative estimate of drug-likeness (QED) is 0.808. The number of hydrogen-bond donors (Lipinski definition) is 1. The summed E-state index contributed by atoms with van der Waals surface area (Å²) in [5.41, 5.74) is 0.599. The van der Waals surface area contributed by atoms with Crippen LogP contribution in [-0.4, -0.2) is 18.3 Å². The van der Waals surface area contributed by atoms with Crippen molar-refractivity contribution in [3.63, 3.8) is 0 Å². The molecule has 2 aromatic rings. The number of thioether (sulfide) groups is 1. The first kappa shape index (κ1) is 16.6. The summed E-state index contributed by atoms with van der Waals surface area (Å²) < 4.78 is 17.9. The lowest BCUT2D eigenvalue weighted by Crippen LogP contribution is -2.22. The van der Waals surface area contributed by atoms with Crippen LogP contribution in [0.1, 0.15) is 6.92 Å². The van der Waals surface area contributed by atoms with Crippen molar-refractivity contribution >= 4 is 35.0 Å². The van der Waals surface area contributed by atoms with Crippen LogP contribution in [0.2, 0.25) is 5.02 Å². The molecular formula is C16H15ClFNO2S. The molecule has 0 aliphatic rings. The Bertz CT molecular complexity index is 664. The van der Waals surface area contributed by atoms with Crippen molar-refractivity contribution in [3.05, 3.63) is 53.3 Å². The van der Waals surface area contributed by atoms with Crippen LogP contribution in [0.5, 0.6) is 5.75 Å². The van der Waals surface area contributed by atoms with E-state index in [1.165, 1.54) is 31.0 Å². The lowest BCUT2D eigenvalue weighted by molar-refractivity contribution is -0.115. The van der Waals surface area contributed by atoms with Crippen molar-refractivity contribution in [2.24, 2.45) is 0 Å². The molecule has 6 heteroatoms. The van der Waals surface area contributed by atoms with Gasteiger partial charge in [0.25, 0.3) is 0 Å². The molecule has 0 aliphatic heterocycles. The summed E-state index contributed by atoms with van der Waals surface area (Å²) in [6.45, 7) is 1.79. The van der Waals surface area contributed by atoms with Crippen LogP contribution in [0, 0.1) is 5.82 Å². The van der Waals surface area contributed by atoms with Crippen LogP contribution in [0.3, 0.4) is 0 Å². The minimum atomic E-state index is -0.327. The summed E-state index contributed by atoms with van der Waals surface area (Å²) in [7, 11) is 1.53. The number of nitrogens with one attached hydrogen (secondary N) is 1. The molecule has 1 amide bonds. The van der Waals surface area contributed by atoms with Gasteiger partial charge in [0.05, 0.1) is 17.4 Å². The standard InChI is InChI=1S/C16H15ClFNO2S/c1-10(22-13-6-3-11(18)4-7-13)16(20)19-12-5-8-15(21-2)14(17)9-12/h3-10H,1-2H3,(H,19,20). The Morgan fingerprint density at radius 3 is 2.55 bits per heavy atom. The van der Waals surface area contributed by atoms with Crippen molar-refractivity contribution in [2.75, 3.05) is 12.4 Å². The van der Waals surface area contributed by atoms with Gasteiger partial charge in [0.2, 0.25) is 5.91 Å². The Morgan fingerprint density at radius 2 is 1.95 bits per heavy atom. The molecule has 0 heterocycles. The molecule has 2 rings (SSSR count). The molecule has 0 spiro atoms. The molecule has 0 saturated heterocycles. The average molecular weight is 340 g/mol. The van der Waals surface area contributed by atoms with Crippen molar-refractivity contribution in [3.8, 4) is 5.75 Å². The summed E-state index contributed by atoms with van der Waals surface area (Å²) in [5, 5.41) is 2.89. The van der Waals surface area contributed by atoms with Gasteiger partial charge in [-0.3, -0.25) is 4.79 Å². The number of hydrogen-bond acceptors (Lipinski definition) is 3. The zero-order valence-corrected chi connectivity index (χ0v) is 13.7. The Morgan fingerprint density at radius 1 is 1.27 bits per heavy atom. The fourth-order valence-electron chi connectivity index (χ4n) is 1.76. The Labute approximate surface area is 137 Å². The Hall–Kier alpha value is -1.72. The zero-order chi connectivity index (χ0) is 16.1. The van der Waals surface area contributed by atoms with Crippen LogP contribution in [0.25, 0.3) is 0 Å². The third-order valence-corrected chi connectivity index (χ3v) is 4.32. The van der Waals surface area contributed by atoms with E-state index in [9.17, 15) is 9.18 Å². The minimum absolute atomic E-state index is 0.157. The molecule has 0 aliphatic carbocycles. The SMILES string of the molecule is COc1ccc(NC(=O)C(C)Sc2ccc(F)cc2)cc1Cl. The number of rotatable bonds is 5. The van der Waals surface area contributed by atoms with Crippen LogP contribution in [0.15, 0.2) is 47.4 Å². The maximum atomic E-state index is 12.9. The van der Waals surface area contributed by atoms with Gasteiger partial charge in [-0.25, -0.2) is 4.39 Å². The average Bonchev–Trinajstić information content (AvgIpc) is 2.49. The predicted octanol–water partition coefficient (Wildman–Crippen LogP) is 4.61. The van der Waals surface area contributed by atoms with E-state index in [1.807, 2.05) is 0 Å². The molecule has 0 bridgehead atoms. The van der Waals surface area contributed by atoms with Gasteiger partial charge in [-0.1, -0.05) is 11.6 Å². The normalized spacial score (nSPS) is 11.8. The zero-order valence-electron chi connectivity index (χ0n) is 12.1. The Balaban J connectivity index is 1.99. The maximum absolute atomic E-state index is 12.9. The lowest BCUT2D eigenvalue weighted by atomic mass is 10.3. The number of benzene rings is 2. The molecule has 1 unspecified atom stereocenters. The fourth-order valence-corrected chi connectivity index (χ4v) is 2.88. The van der Waals surface area contributed by atoms with Gasteiger partial charge in [0.15, 0.2) is 0 Å². The molecule has 0 saturated carbocycles. The van der Waals surface area contributed by atoms with E-state index in [1.54, 1.807) is 37.3 Å². The largest absolute Gasteiger partial charge is 0.495 e. The molecule has 2 aromatic carbocycles. The first-order chi connectivity index (χ1) is 10.5. The highest BCUT2D eigenvalue weighted by molar-refractivity contribution is 8.00. The molecule has 3 nitrogen and oxygen atoms in total. The van der Waals surface area contributed by atoms with Gasteiger partial charge in [0.1, 0.15) is 11.6 Å². The van der Waals surface area contributed by atoms with Crippen LogP contribution in [0.4, 0.5) is 10.1 Å². The smallest absolute Gasteiger partial charge is 0.237 e. The van der Waals surface area contributed by atoms with Crippen LogP contribution < -0.4 is 10.1 Å². The van der Waals surface area contributed by atoms with E-state index in [2.05, 4.69) is 5.32 Å². The van der Waals surface area contributed by atoms with Crippen molar-refractivity contribution in [1.29, 1.82) is 0 Å². The molecule has 0 radical (unpaired) electrons. The van der Waals surface area contributed by atoms with E-state index >= 15 is 0 Å². The number of ether oxygens (including phenoxy) is 1. The highest BCUT2D eigenvalue weighted by Crippen LogP contribution is 2.28. The fraction of sp³-hybridized carbons (Fsp3) is 0.188. The molecule has 1 atom stereocenters. The molecule has 0 aromatic heterocycles. The van der Waals surface area contributed by atoms with Gasteiger partial charge in [-0.05, 0) is 49.4 Å². The maximum Gasteiger partial charge on any atom is 0.237 e. The van der Waals surface area contributed by atoms with Crippen LogP contribution >= 0.6 is 23.4 Å². The molecule has 0 fully saturated rings. The molecule has 116 valence electrons. The predicted molar refractivity (Wildman–Crippen MR) is 88.4 cm³/mol. The summed E-state index contributed by atoms with van der Waals surface area (Å²) in [4.78, 5) is 13.0. The number of halogens is 2. The summed E-state index contributed by atoms with van der Waals surface area (Å²) in [5.74, 6) is 0.0956. The second-order valence-corrected chi connectivity index (χ2v) is 6.37. The highest BCUT2D eigenvalue weighted by atomic mass is 35.5. The molecule has 1 N–H and O–H groups in total. The second kappa shape index (κ2) is 7.51.